The third-order valence-electron chi connectivity index (χ3n) is 19.5. The van der Waals surface area contributed by atoms with Crippen LogP contribution in [-0.2, 0) is 0 Å². The summed E-state index contributed by atoms with van der Waals surface area (Å²) in [5.41, 5.74) is 4.64. The first-order chi connectivity index (χ1) is 57.5. The van der Waals surface area contributed by atoms with Gasteiger partial charge in [0.1, 0.15) is 68.5 Å². The Balaban J connectivity index is 1.12. The van der Waals surface area contributed by atoms with Crippen LogP contribution in [0.4, 0.5) is 0 Å². The summed E-state index contributed by atoms with van der Waals surface area (Å²) in [4.78, 5) is 68.8. The molecule has 0 atom stereocenters. The van der Waals surface area contributed by atoms with Gasteiger partial charge in [-0.1, -0.05) is 272 Å². The van der Waals surface area contributed by atoms with E-state index >= 15 is 0 Å². The molecular weight excluding hydrogens is 1450 g/mol. The standard InChI is InChI=1S/C103H127N7O7/c1-7-13-19-25-31-33-35-37-39-45-51-83-75-100(114-65-47-41-27-21-15-9-3)77-91(104-83)59-53-85-69-97(111)71-87(106-85)55-61-93-79-102(116-67-49-43-29-23-17-11-5)81-95(109-93)63-57-89-73-99(113)74-90(108-89)58-64-96-82-103(117-68-50-44-30-24-18-12-6)80-94(110-96)62-56-88-72-98(112)70-86(107-88)54-60-92-78-101(115-66-48-42-28-22-16-10-4)76-84(105-92)52-46-40-38-36-34-32-26-20-14-8-2/h69-82H,7-44,47-50,65-68H2,1-6H3,(H,106,111)(H,107,112)(H,108,113). The number of H-pyrrole nitrogens is 3. The molecule has 0 aliphatic carbocycles. The van der Waals surface area contributed by atoms with Crippen LogP contribution in [0.5, 0.6) is 23.0 Å². The van der Waals surface area contributed by atoms with Gasteiger partial charge in [0.05, 0.1) is 60.6 Å². The maximum absolute atomic E-state index is 13.4. The van der Waals surface area contributed by atoms with Crippen molar-refractivity contribution in [3.05, 3.63) is 195 Å². The Labute approximate surface area is 700 Å². The van der Waals surface area contributed by atoms with Crippen LogP contribution in [0.1, 0.15) is 391 Å². The van der Waals surface area contributed by atoms with Gasteiger partial charge in [-0.2, -0.15) is 0 Å². The Bertz CT molecular complexity index is 4590. The van der Waals surface area contributed by atoms with E-state index in [0.29, 0.717) is 129 Å². The van der Waals surface area contributed by atoms with Crippen molar-refractivity contribution >= 4 is 0 Å². The molecule has 14 nitrogen and oxygen atoms in total. The molecule has 14 heteroatoms. The van der Waals surface area contributed by atoms with E-state index in [1.54, 1.807) is 24.3 Å². The molecule has 0 aliphatic rings. The van der Waals surface area contributed by atoms with Crippen molar-refractivity contribution in [2.24, 2.45) is 0 Å². The second-order valence-electron chi connectivity index (χ2n) is 30.2. The van der Waals surface area contributed by atoms with E-state index in [0.717, 1.165) is 89.9 Å². The summed E-state index contributed by atoms with van der Waals surface area (Å²) in [5.74, 6) is 53.0. The summed E-state index contributed by atoms with van der Waals surface area (Å²) in [7, 11) is 0. The number of pyridine rings is 7. The summed E-state index contributed by atoms with van der Waals surface area (Å²) in [6.07, 6.45) is 48.5. The highest BCUT2D eigenvalue weighted by atomic mass is 16.5. The number of rotatable bonds is 48. The van der Waals surface area contributed by atoms with Crippen LogP contribution in [-0.4, -0.2) is 61.3 Å². The van der Waals surface area contributed by atoms with Crippen molar-refractivity contribution in [3.63, 3.8) is 0 Å². The highest BCUT2D eigenvalue weighted by molar-refractivity contribution is 5.51. The normalized spacial score (nSPS) is 10.4. The van der Waals surface area contributed by atoms with Gasteiger partial charge < -0.3 is 33.9 Å². The van der Waals surface area contributed by atoms with Crippen molar-refractivity contribution < 1.29 is 18.9 Å². The minimum atomic E-state index is -0.317. The Hall–Kier alpha value is -10.9. The van der Waals surface area contributed by atoms with Gasteiger partial charge >= 0.3 is 0 Å². The number of nitrogens with one attached hydrogen (secondary N) is 3. The zero-order valence-corrected chi connectivity index (χ0v) is 71.3. The summed E-state index contributed by atoms with van der Waals surface area (Å²) in [5, 5.41) is 0. The number of hydrogen-bond donors (Lipinski definition) is 3. The largest absolute Gasteiger partial charge is 0.493 e. The van der Waals surface area contributed by atoms with Crippen LogP contribution in [0.25, 0.3) is 0 Å². The van der Waals surface area contributed by atoms with Gasteiger partial charge in [-0.3, -0.25) is 14.4 Å². The number of aromatic amines is 3. The molecule has 7 aromatic heterocycles. The molecule has 7 rings (SSSR count). The van der Waals surface area contributed by atoms with E-state index < -0.39 is 0 Å². The topological polar surface area (TPSA) is 187 Å². The van der Waals surface area contributed by atoms with Gasteiger partial charge in [0.25, 0.3) is 0 Å². The quantitative estimate of drug-likeness (QED) is 0.0243. The molecule has 0 amide bonds. The van der Waals surface area contributed by atoms with Crippen LogP contribution < -0.4 is 35.2 Å². The molecule has 0 aromatic carbocycles. The molecule has 0 fully saturated rings. The van der Waals surface area contributed by atoms with Crippen molar-refractivity contribution in [1.29, 1.82) is 0 Å². The third-order valence-corrected chi connectivity index (χ3v) is 19.5. The molecule has 7 aromatic rings. The molecule has 616 valence electrons. The average molecular weight is 1580 g/mol. The Morgan fingerprint density at radius 1 is 0.214 bits per heavy atom. The van der Waals surface area contributed by atoms with E-state index in [1.807, 2.05) is 24.3 Å². The number of aromatic nitrogens is 7. The molecule has 0 saturated heterocycles. The molecule has 117 heavy (non-hydrogen) atoms. The maximum Gasteiger partial charge on any atom is 0.184 e. The van der Waals surface area contributed by atoms with Crippen molar-refractivity contribution in [1.82, 2.24) is 34.9 Å². The molecule has 7 heterocycles. The van der Waals surface area contributed by atoms with Gasteiger partial charge in [-0.15, -0.1) is 0 Å². The molecule has 0 saturated carbocycles. The van der Waals surface area contributed by atoms with E-state index in [-0.39, 0.29) is 16.3 Å². The predicted molar refractivity (Wildman–Crippen MR) is 478 cm³/mol. The fourth-order valence-electron chi connectivity index (χ4n) is 13.0. The summed E-state index contributed by atoms with van der Waals surface area (Å²) < 4.78 is 25.2. The van der Waals surface area contributed by atoms with Crippen LogP contribution >= 0.6 is 0 Å². The van der Waals surface area contributed by atoms with Gasteiger partial charge in [-0.25, -0.2) is 19.9 Å². The van der Waals surface area contributed by atoms with Crippen LogP contribution in [0.2, 0.25) is 0 Å². The van der Waals surface area contributed by atoms with Crippen LogP contribution in [0.15, 0.2) is 99.3 Å². The Morgan fingerprint density at radius 3 is 0.581 bits per heavy atom. The van der Waals surface area contributed by atoms with Crippen LogP contribution in [0.3, 0.4) is 0 Å². The lowest BCUT2D eigenvalue weighted by atomic mass is 10.1. The first-order valence-corrected chi connectivity index (χ1v) is 44.4. The van der Waals surface area contributed by atoms with Crippen molar-refractivity contribution in [2.75, 3.05) is 26.4 Å². The van der Waals surface area contributed by atoms with E-state index in [2.05, 4.69) is 151 Å². The number of unbranched alkanes of at least 4 members (excludes halogenated alkanes) is 36. The lowest BCUT2D eigenvalue weighted by Crippen LogP contribution is -2.03. The Kier molecular flexibility index (Phi) is 47.0. The van der Waals surface area contributed by atoms with E-state index in [1.165, 1.54) is 216 Å². The predicted octanol–water partition coefficient (Wildman–Crippen LogP) is 22.5. The van der Waals surface area contributed by atoms with Crippen LogP contribution in [0, 0.1) is 94.7 Å². The number of ether oxygens (including phenoxy) is 4. The second kappa shape index (κ2) is 58.9. The molecule has 0 unspecified atom stereocenters. The zero-order valence-electron chi connectivity index (χ0n) is 71.3. The zero-order chi connectivity index (χ0) is 82.6. The first kappa shape index (κ1) is 93.3. The molecular formula is C103H127N7O7. The van der Waals surface area contributed by atoms with E-state index in [4.69, 9.17) is 38.9 Å². The number of hydrogen-bond acceptors (Lipinski definition) is 11. The van der Waals surface area contributed by atoms with Crippen molar-refractivity contribution in [2.45, 2.75) is 311 Å². The summed E-state index contributed by atoms with van der Waals surface area (Å²) in [6.45, 7) is 15.5. The molecule has 3 N–H and O–H groups in total. The highest BCUT2D eigenvalue weighted by Gasteiger charge is 2.10. The van der Waals surface area contributed by atoms with Gasteiger partial charge in [0.2, 0.25) is 0 Å². The molecule has 0 radical (unpaired) electrons. The fourth-order valence-corrected chi connectivity index (χ4v) is 13.0. The molecule has 0 spiro atoms. The highest BCUT2D eigenvalue weighted by Crippen LogP contribution is 2.22. The smallest absolute Gasteiger partial charge is 0.184 e. The van der Waals surface area contributed by atoms with E-state index in [9.17, 15) is 14.4 Å². The number of nitrogens with zero attached hydrogens (tertiary/aromatic N) is 4. The summed E-state index contributed by atoms with van der Waals surface area (Å²) >= 11 is 0. The Morgan fingerprint density at radius 2 is 0.385 bits per heavy atom. The van der Waals surface area contributed by atoms with Crippen molar-refractivity contribution in [3.8, 4) is 118 Å². The van der Waals surface area contributed by atoms with Gasteiger partial charge in [0.15, 0.2) is 16.3 Å². The fraction of sp³-hybridized carbons (Fsp3) is 0.505. The third kappa shape index (κ3) is 42.0. The minimum Gasteiger partial charge on any atom is -0.493 e. The second-order valence-corrected chi connectivity index (χ2v) is 30.2. The average Bonchev–Trinajstić information content (AvgIpc) is 0.857. The lowest BCUT2D eigenvalue weighted by Gasteiger charge is -2.07. The van der Waals surface area contributed by atoms with Gasteiger partial charge in [-0.05, 0) is 121 Å². The SMILES string of the molecule is CCCCCCCCCCC#Cc1cc(OCCCCCCCC)cc(C#Cc2cc(=O)cc(C#Cc3cc(OCCCCCCCC)cc(C#Cc4cc(=O)cc(C#Cc5cc(OCCCCCCCC)cc(C#Cc6cc(=O)cc(C#Cc7cc(OCCCCCCCC)cc(C#CCCCCCCCCCC)n7)[nH]6)n5)[nH]4)n3)[nH]2)n1. The minimum absolute atomic E-state index is 0.275. The lowest BCUT2D eigenvalue weighted by molar-refractivity contribution is 0.303. The first-order valence-electron chi connectivity index (χ1n) is 44.4. The monoisotopic (exact) mass is 1570 g/mol. The molecule has 0 aliphatic heterocycles. The molecule has 0 bridgehead atoms. The maximum atomic E-state index is 13.4. The summed E-state index contributed by atoms with van der Waals surface area (Å²) in [6, 6.07) is 22.9. The van der Waals surface area contributed by atoms with Gasteiger partial charge in [0, 0.05) is 97.8 Å².